The van der Waals surface area contributed by atoms with Gasteiger partial charge >= 0.3 is 0 Å². The van der Waals surface area contributed by atoms with Gasteiger partial charge in [0.05, 0.1) is 5.56 Å². The summed E-state index contributed by atoms with van der Waals surface area (Å²) in [7, 11) is 0. The zero-order chi connectivity index (χ0) is 17.3. The van der Waals surface area contributed by atoms with Crippen LogP contribution in [0.2, 0.25) is 0 Å². The summed E-state index contributed by atoms with van der Waals surface area (Å²) in [4.78, 5) is 12.3. The Morgan fingerprint density at radius 2 is 1.83 bits per heavy atom. The Hall–Kier alpha value is -2.69. The number of nitrogens with zero attached hydrogens (tertiary/aromatic N) is 3. The van der Waals surface area contributed by atoms with E-state index in [1.165, 1.54) is 0 Å². The molecule has 0 saturated heterocycles. The van der Waals surface area contributed by atoms with Crippen molar-refractivity contribution in [2.45, 2.75) is 27.7 Å². The second kappa shape index (κ2) is 6.43. The van der Waals surface area contributed by atoms with Gasteiger partial charge in [0.15, 0.2) is 11.5 Å². The van der Waals surface area contributed by atoms with E-state index in [9.17, 15) is 4.79 Å². The van der Waals surface area contributed by atoms with E-state index in [0.29, 0.717) is 18.0 Å². The molecule has 5 heteroatoms. The van der Waals surface area contributed by atoms with Crippen molar-refractivity contribution in [1.82, 2.24) is 19.9 Å². The average Bonchev–Trinajstić information content (AvgIpc) is 2.95. The van der Waals surface area contributed by atoms with Crippen molar-refractivity contribution in [3.05, 3.63) is 53.2 Å². The Morgan fingerprint density at radius 3 is 2.50 bits per heavy atom. The highest BCUT2D eigenvalue weighted by molar-refractivity contribution is 5.94. The molecule has 1 aromatic carbocycles. The Bertz CT molecular complexity index is 875. The van der Waals surface area contributed by atoms with Gasteiger partial charge in [0.2, 0.25) is 0 Å². The van der Waals surface area contributed by atoms with Crippen molar-refractivity contribution in [3.8, 4) is 11.4 Å². The summed E-state index contributed by atoms with van der Waals surface area (Å²) in [5.74, 6) is 1.10. The lowest BCUT2D eigenvalue weighted by Crippen LogP contribution is -2.27. The fourth-order valence-electron chi connectivity index (χ4n) is 2.76. The van der Waals surface area contributed by atoms with Crippen molar-refractivity contribution in [3.63, 3.8) is 0 Å². The molecule has 124 valence electrons. The second-order valence-electron chi connectivity index (χ2n) is 6.54. The first-order valence-electron chi connectivity index (χ1n) is 8.17. The van der Waals surface area contributed by atoms with Crippen LogP contribution in [0.15, 0.2) is 36.5 Å². The molecular weight excluding hydrogens is 300 g/mol. The third kappa shape index (κ3) is 3.02. The molecule has 0 bridgehead atoms. The maximum Gasteiger partial charge on any atom is 0.252 e. The highest BCUT2D eigenvalue weighted by Crippen LogP contribution is 2.26. The molecule has 3 aromatic rings. The molecule has 0 fully saturated rings. The molecule has 0 aliphatic rings. The number of hydrogen-bond acceptors (Lipinski definition) is 3. The number of aromatic nitrogens is 3. The van der Waals surface area contributed by atoms with Crippen LogP contribution in [0.25, 0.3) is 17.0 Å². The smallest absolute Gasteiger partial charge is 0.252 e. The largest absolute Gasteiger partial charge is 0.352 e. The van der Waals surface area contributed by atoms with Gasteiger partial charge in [-0.1, -0.05) is 32.0 Å². The van der Waals surface area contributed by atoms with Crippen molar-refractivity contribution in [2.75, 3.05) is 6.54 Å². The number of aryl methyl sites for hydroxylation is 2. The third-order valence-corrected chi connectivity index (χ3v) is 4.04. The normalized spacial score (nSPS) is 11.2. The van der Waals surface area contributed by atoms with E-state index in [4.69, 9.17) is 0 Å². The lowest BCUT2D eigenvalue weighted by molar-refractivity contribution is 0.0948. The van der Waals surface area contributed by atoms with Gasteiger partial charge in [-0.2, -0.15) is 0 Å². The number of nitrogens with one attached hydrogen (secondary N) is 1. The molecule has 5 nitrogen and oxygen atoms in total. The predicted octanol–water partition coefficient (Wildman–Crippen LogP) is 3.40. The van der Waals surface area contributed by atoms with Crippen LogP contribution in [0.3, 0.4) is 0 Å². The van der Waals surface area contributed by atoms with Crippen LogP contribution in [-0.4, -0.2) is 27.0 Å². The molecule has 24 heavy (non-hydrogen) atoms. The molecule has 2 heterocycles. The predicted molar refractivity (Wildman–Crippen MR) is 95.1 cm³/mol. The fraction of sp³-hybridized carbons (Fsp3) is 0.316. The van der Waals surface area contributed by atoms with E-state index in [0.717, 1.165) is 28.2 Å². The van der Waals surface area contributed by atoms with Gasteiger partial charge in [0.25, 0.3) is 5.91 Å². The van der Waals surface area contributed by atoms with Crippen LogP contribution in [0.4, 0.5) is 0 Å². The molecule has 2 aromatic heterocycles. The van der Waals surface area contributed by atoms with Crippen LogP contribution >= 0.6 is 0 Å². The first kappa shape index (κ1) is 16.2. The molecule has 3 rings (SSSR count). The molecule has 0 unspecified atom stereocenters. The SMILES string of the molecule is Cc1cccc(C)c1-c1nnc2ccc(C(=O)NCC(C)C)cn12. The molecule has 0 spiro atoms. The summed E-state index contributed by atoms with van der Waals surface area (Å²) in [5, 5.41) is 11.5. The molecule has 0 atom stereocenters. The van der Waals surface area contributed by atoms with Crippen LogP contribution in [0, 0.1) is 19.8 Å². The van der Waals surface area contributed by atoms with Gasteiger partial charge in [0, 0.05) is 18.3 Å². The van der Waals surface area contributed by atoms with Gasteiger partial charge in [-0.25, -0.2) is 0 Å². The maximum absolute atomic E-state index is 12.3. The molecule has 0 saturated carbocycles. The van der Waals surface area contributed by atoms with E-state index >= 15 is 0 Å². The minimum Gasteiger partial charge on any atom is -0.352 e. The summed E-state index contributed by atoms with van der Waals surface area (Å²) in [6.07, 6.45) is 1.81. The van der Waals surface area contributed by atoms with Crippen LogP contribution in [0.5, 0.6) is 0 Å². The lowest BCUT2D eigenvalue weighted by atomic mass is 10.0. The Balaban J connectivity index is 2.05. The number of carbonyl (C=O) groups is 1. The molecule has 1 N–H and O–H groups in total. The molecule has 0 aliphatic heterocycles. The van der Waals surface area contributed by atoms with Gasteiger partial charge in [0.1, 0.15) is 0 Å². The number of rotatable bonds is 4. The van der Waals surface area contributed by atoms with Gasteiger partial charge in [-0.3, -0.25) is 9.20 Å². The molecule has 0 radical (unpaired) electrons. The number of carbonyl (C=O) groups excluding carboxylic acids is 1. The summed E-state index contributed by atoms with van der Waals surface area (Å²) < 4.78 is 1.89. The van der Waals surface area contributed by atoms with Crippen molar-refractivity contribution in [1.29, 1.82) is 0 Å². The minimum absolute atomic E-state index is 0.0771. The fourth-order valence-corrected chi connectivity index (χ4v) is 2.76. The zero-order valence-electron chi connectivity index (χ0n) is 14.5. The third-order valence-electron chi connectivity index (χ3n) is 4.04. The van der Waals surface area contributed by atoms with Crippen LogP contribution < -0.4 is 5.32 Å². The number of pyridine rings is 1. The monoisotopic (exact) mass is 322 g/mol. The van der Waals surface area contributed by atoms with Crippen molar-refractivity contribution < 1.29 is 4.79 Å². The molecular formula is C19H22N4O. The number of hydrogen-bond donors (Lipinski definition) is 1. The molecule has 0 aliphatic carbocycles. The lowest BCUT2D eigenvalue weighted by Gasteiger charge is -2.10. The highest BCUT2D eigenvalue weighted by Gasteiger charge is 2.15. The first-order valence-corrected chi connectivity index (χ1v) is 8.17. The van der Waals surface area contributed by atoms with Crippen LogP contribution in [0.1, 0.15) is 35.3 Å². The minimum atomic E-state index is -0.0771. The Morgan fingerprint density at radius 1 is 1.12 bits per heavy atom. The van der Waals surface area contributed by atoms with Gasteiger partial charge in [-0.05, 0) is 43.0 Å². The topological polar surface area (TPSA) is 59.3 Å². The van der Waals surface area contributed by atoms with Crippen molar-refractivity contribution in [2.24, 2.45) is 5.92 Å². The van der Waals surface area contributed by atoms with Crippen LogP contribution in [-0.2, 0) is 0 Å². The zero-order valence-corrected chi connectivity index (χ0v) is 14.5. The van der Waals surface area contributed by atoms with E-state index in [1.54, 1.807) is 6.07 Å². The van der Waals surface area contributed by atoms with Crippen molar-refractivity contribution >= 4 is 11.6 Å². The quantitative estimate of drug-likeness (QED) is 0.801. The van der Waals surface area contributed by atoms with E-state index in [2.05, 4.69) is 55.3 Å². The van der Waals surface area contributed by atoms with Gasteiger partial charge in [-0.15, -0.1) is 10.2 Å². The van der Waals surface area contributed by atoms with E-state index in [1.807, 2.05) is 22.7 Å². The number of amides is 1. The van der Waals surface area contributed by atoms with E-state index < -0.39 is 0 Å². The maximum atomic E-state index is 12.3. The average molecular weight is 322 g/mol. The van der Waals surface area contributed by atoms with E-state index in [-0.39, 0.29) is 5.91 Å². The Labute approximate surface area is 141 Å². The Kier molecular flexibility index (Phi) is 4.34. The second-order valence-corrected chi connectivity index (χ2v) is 6.54. The molecule has 1 amide bonds. The standard InChI is InChI=1S/C19H22N4O/c1-12(2)10-20-19(24)15-8-9-16-21-22-18(23(16)11-15)17-13(3)6-5-7-14(17)4/h5-9,11-12H,10H2,1-4H3,(H,20,24). The summed E-state index contributed by atoms with van der Waals surface area (Å²) in [6, 6.07) is 9.76. The highest BCUT2D eigenvalue weighted by atomic mass is 16.1. The first-order chi connectivity index (χ1) is 11.5. The number of fused-ring (bicyclic) bond motifs is 1. The van der Waals surface area contributed by atoms with Gasteiger partial charge < -0.3 is 5.32 Å². The number of benzene rings is 1. The summed E-state index contributed by atoms with van der Waals surface area (Å²) in [5.41, 5.74) is 4.67. The summed E-state index contributed by atoms with van der Waals surface area (Å²) >= 11 is 0. The summed E-state index contributed by atoms with van der Waals surface area (Å²) in [6.45, 7) is 8.92.